The first-order valence-corrected chi connectivity index (χ1v) is 6.50. The van der Waals surface area contributed by atoms with Gasteiger partial charge in [-0.25, -0.2) is 4.98 Å². The summed E-state index contributed by atoms with van der Waals surface area (Å²) in [5.74, 6) is 0. The van der Waals surface area contributed by atoms with Crippen molar-refractivity contribution in [2.45, 2.75) is 19.0 Å². The molecule has 0 amide bonds. The number of anilines is 1. The van der Waals surface area contributed by atoms with E-state index in [0.29, 0.717) is 5.69 Å². The molecule has 0 spiro atoms. The molecular formula is C14H14F3N3. The first kappa shape index (κ1) is 13.0. The summed E-state index contributed by atoms with van der Waals surface area (Å²) < 4.78 is 41.2. The Morgan fingerprint density at radius 1 is 1.10 bits per heavy atom. The van der Waals surface area contributed by atoms with E-state index in [1.165, 1.54) is 35.4 Å². The van der Waals surface area contributed by atoms with Gasteiger partial charge in [0.15, 0.2) is 0 Å². The predicted molar refractivity (Wildman–Crippen MR) is 70.0 cm³/mol. The zero-order chi connectivity index (χ0) is 14.2. The van der Waals surface area contributed by atoms with Gasteiger partial charge >= 0.3 is 6.18 Å². The Morgan fingerprint density at radius 3 is 2.45 bits per heavy atom. The van der Waals surface area contributed by atoms with Crippen LogP contribution in [0.15, 0.2) is 36.9 Å². The highest BCUT2D eigenvalue weighted by Gasteiger charge is 2.34. The Balaban J connectivity index is 2.07. The molecule has 1 aliphatic rings. The Bertz CT molecular complexity index is 584. The number of hydrogen-bond acceptors (Lipinski definition) is 2. The first-order valence-electron chi connectivity index (χ1n) is 6.50. The van der Waals surface area contributed by atoms with Crippen LogP contribution in [0.5, 0.6) is 0 Å². The third-order valence-corrected chi connectivity index (χ3v) is 3.54. The van der Waals surface area contributed by atoms with Gasteiger partial charge in [-0.05, 0) is 31.0 Å². The summed E-state index contributed by atoms with van der Waals surface area (Å²) in [5, 5.41) is 0. The summed E-state index contributed by atoms with van der Waals surface area (Å²) in [6.07, 6.45) is 2.04. The van der Waals surface area contributed by atoms with Crippen molar-refractivity contribution in [3.05, 3.63) is 42.5 Å². The smallest absolute Gasteiger partial charge is 0.372 e. The number of benzene rings is 1. The van der Waals surface area contributed by atoms with Crippen LogP contribution in [0.25, 0.3) is 5.69 Å². The van der Waals surface area contributed by atoms with Gasteiger partial charge in [0.25, 0.3) is 0 Å². The van der Waals surface area contributed by atoms with Gasteiger partial charge < -0.3 is 9.47 Å². The predicted octanol–water partition coefficient (Wildman–Crippen LogP) is 3.49. The van der Waals surface area contributed by atoms with E-state index in [0.717, 1.165) is 25.9 Å². The van der Waals surface area contributed by atoms with Crippen molar-refractivity contribution in [2.75, 3.05) is 18.0 Å². The number of hydrogen-bond donors (Lipinski definition) is 0. The van der Waals surface area contributed by atoms with Crippen LogP contribution in [0.3, 0.4) is 0 Å². The lowest BCUT2D eigenvalue weighted by Gasteiger charge is -2.21. The maximum absolute atomic E-state index is 13.3. The summed E-state index contributed by atoms with van der Waals surface area (Å²) in [6, 6.07) is 4.49. The fraction of sp³-hybridized carbons (Fsp3) is 0.357. The molecule has 1 aromatic carbocycles. The van der Waals surface area contributed by atoms with Gasteiger partial charge in [-0.3, -0.25) is 0 Å². The molecule has 0 saturated carbocycles. The molecule has 0 radical (unpaired) electrons. The van der Waals surface area contributed by atoms with Crippen LogP contribution >= 0.6 is 0 Å². The minimum atomic E-state index is -4.38. The van der Waals surface area contributed by atoms with Crippen molar-refractivity contribution in [2.24, 2.45) is 0 Å². The van der Waals surface area contributed by atoms with Crippen LogP contribution in [0, 0.1) is 0 Å². The molecule has 0 bridgehead atoms. The van der Waals surface area contributed by atoms with Crippen LogP contribution in [-0.4, -0.2) is 22.6 Å². The first-order chi connectivity index (χ1) is 9.55. The number of halogens is 3. The van der Waals surface area contributed by atoms with Crippen LogP contribution < -0.4 is 4.90 Å². The van der Waals surface area contributed by atoms with Crippen LogP contribution in [0.1, 0.15) is 18.4 Å². The van der Waals surface area contributed by atoms with Crippen LogP contribution in [-0.2, 0) is 6.18 Å². The van der Waals surface area contributed by atoms with Gasteiger partial charge in [0.05, 0.1) is 17.6 Å². The molecule has 2 heterocycles. The molecule has 0 aliphatic carbocycles. The van der Waals surface area contributed by atoms with Gasteiger partial charge in [-0.15, -0.1) is 0 Å². The summed E-state index contributed by atoms with van der Waals surface area (Å²) in [4.78, 5) is 5.80. The minimum absolute atomic E-state index is 0.109. The second-order valence-electron chi connectivity index (χ2n) is 4.86. The average Bonchev–Trinajstić information content (AvgIpc) is 3.10. The zero-order valence-electron chi connectivity index (χ0n) is 10.8. The molecule has 3 nitrogen and oxygen atoms in total. The minimum Gasteiger partial charge on any atom is -0.372 e. The van der Waals surface area contributed by atoms with Gasteiger partial charge in [0.1, 0.15) is 0 Å². The van der Waals surface area contributed by atoms with E-state index >= 15 is 0 Å². The van der Waals surface area contributed by atoms with Crippen molar-refractivity contribution in [1.82, 2.24) is 9.55 Å². The Labute approximate surface area is 114 Å². The third-order valence-electron chi connectivity index (χ3n) is 3.54. The molecule has 0 unspecified atom stereocenters. The lowest BCUT2D eigenvalue weighted by atomic mass is 10.1. The SMILES string of the molecule is FC(F)(F)c1cc(N2CCCC2)ccc1-n1ccnc1. The summed E-state index contributed by atoms with van der Waals surface area (Å²) in [6.45, 7) is 1.64. The van der Waals surface area contributed by atoms with Crippen molar-refractivity contribution < 1.29 is 13.2 Å². The zero-order valence-corrected chi connectivity index (χ0v) is 10.8. The summed E-state index contributed by atoms with van der Waals surface area (Å²) in [7, 11) is 0. The Hall–Kier alpha value is -1.98. The van der Waals surface area contributed by atoms with E-state index in [-0.39, 0.29) is 5.69 Å². The van der Waals surface area contributed by atoms with E-state index < -0.39 is 11.7 Å². The summed E-state index contributed by atoms with van der Waals surface area (Å²) in [5.41, 5.74) is 0.122. The standard InChI is InChI=1S/C14H14F3N3/c15-14(16,17)12-9-11(19-6-1-2-7-19)3-4-13(12)20-8-5-18-10-20/h3-5,8-10H,1-2,6-7H2. The molecule has 20 heavy (non-hydrogen) atoms. The van der Waals surface area contributed by atoms with E-state index in [1.807, 2.05) is 4.90 Å². The largest absolute Gasteiger partial charge is 0.418 e. The van der Waals surface area contributed by atoms with Gasteiger partial charge in [-0.1, -0.05) is 0 Å². The maximum atomic E-state index is 13.3. The molecule has 0 N–H and O–H groups in total. The molecule has 6 heteroatoms. The monoisotopic (exact) mass is 281 g/mol. The highest BCUT2D eigenvalue weighted by atomic mass is 19.4. The number of alkyl halides is 3. The normalized spacial score (nSPS) is 15.8. The third kappa shape index (κ3) is 2.37. The Kier molecular flexibility index (Phi) is 3.16. The number of aromatic nitrogens is 2. The molecule has 2 aromatic rings. The molecule has 1 aromatic heterocycles. The van der Waals surface area contributed by atoms with E-state index in [2.05, 4.69) is 4.98 Å². The van der Waals surface area contributed by atoms with Crippen molar-refractivity contribution in [1.29, 1.82) is 0 Å². The lowest BCUT2D eigenvalue weighted by molar-refractivity contribution is -0.137. The molecule has 106 valence electrons. The van der Waals surface area contributed by atoms with Crippen LogP contribution in [0.2, 0.25) is 0 Å². The molecular weight excluding hydrogens is 267 g/mol. The van der Waals surface area contributed by atoms with E-state index in [1.54, 1.807) is 6.07 Å². The second kappa shape index (κ2) is 4.85. The van der Waals surface area contributed by atoms with E-state index in [4.69, 9.17) is 0 Å². The fourth-order valence-electron chi connectivity index (χ4n) is 2.55. The highest BCUT2D eigenvalue weighted by Crippen LogP contribution is 2.36. The molecule has 3 rings (SSSR count). The van der Waals surface area contributed by atoms with Crippen molar-refractivity contribution in [3.8, 4) is 5.69 Å². The number of nitrogens with zero attached hydrogens (tertiary/aromatic N) is 3. The molecule has 1 fully saturated rings. The van der Waals surface area contributed by atoms with Crippen molar-refractivity contribution >= 4 is 5.69 Å². The molecule has 1 saturated heterocycles. The number of imidazole rings is 1. The lowest BCUT2D eigenvalue weighted by Crippen LogP contribution is -2.19. The fourth-order valence-corrected chi connectivity index (χ4v) is 2.55. The van der Waals surface area contributed by atoms with Gasteiger partial charge in [0, 0.05) is 31.2 Å². The molecule has 1 aliphatic heterocycles. The van der Waals surface area contributed by atoms with E-state index in [9.17, 15) is 13.2 Å². The van der Waals surface area contributed by atoms with Gasteiger partial charge in [-0.2, -0.15) is 13.2 Å². The summed E-state index contributed by atoms with van der Waals surface area (Å²) >= 11 is 0. The van der Waals surface area contributed by atoms with Crippen molar-refractivity contribution in [3.63, 3.8) is 0 Å². The number of rotatable bonds is 2. The van der Waals surface area contributed by atoms with Gasteiger partial charge in [0.2, 0.25) is 0 Å². The topological polar surface area (TPSA) is 21.1 Å². The molecule has 0 atom stereocenters. The average molecular weight is 281 g/mol. The maximum Gasteiger partial charge on any atom is 0.418 e. The highest BCUT2D eigenvalue weighted by molar-refractivity contribution is 5.57. The van der Waals surface area contributed by atoms with Crippen LogP contribution in [0.4, 0.5) is 18.9 Å². The Morgan fingerprint density at radius 2 is 1.85 bits per heavy atom. The quantitative estimate of drug-likeness (QED) is 0.840. The second-order valence-corrected chi connectivity index (χ2v) is 4.86.